The molecule has 0 aliphatic rings. The highest BCUT2D eigenvalue weighted by Gasteiger charge is 2.21. The zero-order valence-corrected chi connectivity index (χ0v) is 13.6. The number of carbonyl (C=O) groups excluding carboxylic acids is 1. The lowest BCUT2D eigenvalue weighted by Crippen LogP contribution is -2.28. The van der Waals surface area contributed by atoms with Crippen LogP contribution in [-0.2, 0) is 7.05 Å². The summed E-state index contributed by atoms with van der Waals surface area (Å²) in [7, 11) is 3.20. The van der Waals surface area contributed by atoms with Crippen LogP contribution in [0.15, 0.2) is 24.7 Å². The summed E-state index contributed by atoms with van der Waals surface area (Å²) >= 11 is 6.05. The van der Waals surface area contributed by atoms with Crippen molar-refractivity contribution in [1.82, 2.24) is 14.9 Å². The fraction of sp³-hybridized carbons (Fsp3) is 0.267. The molecule has 2 rings (SSSR count). The number of aromatic nitrogens is 2. The maximum absolute atomic E-state index is 12.5. The monoisotopic (exact) mass is 337 g/mol. The molecule has 0 aliphatic heterocycles. The number of carboxylic acids is 1. The van der Waals surface area contributed by atoms with Crippen LogP contribution >= 0.6 is 11.6 Å². The van der Waals surface area contributed by atoms with E-state index in [1.807, 2.05) is 7.05 Å². The van der Waals surface area contributed by atoms with Crippen LogP contribution in [0, 0.1) is 0 Å². The SMILES string of the molecule is COc1cc(C(=O)O)c(Cl)c(C(=O)NC(C)c2cncn2C)c1. The summed E-state index contributed by atoms with van der Waals surface area (Å²) in [6.45, 7) is 1.79. The summed E-state index contributed by atoms with van der Waals surface area (Å²) in [5, 5.41) is 11.8. The summed E-state index contributed by atoms with van der Waals surface area (Å²) in [6, 6.07) is 2.34. The number of carbonyl (C=O) groups is 2. The van der Waals surface area contributed by atoms with Gasteiger partial charge in [-0.2, -0.15) is 0 Å². The number of imidazole rings is 1. The Hall–Kier alpha value is -2.54. The molecule has 7 nitrogen and oxygen atoms in total. The van der Waals surface area contributed by atoms with E-state index in [2.05, 4.69) is 10.3 Å². The maximum Gasteiger partial charge on any atom is 0.337 e. The average molecular weight is 338 g/mol. The zero-order chi connectivity index (χ0) is 17.1. The van der Waals surface area contributed by atoms with Crippen molar-refractivity contribution in [2.24, 2.45) is 7.05 Å². The number of hydrogen-bond donors (Lipinski definition) is 2. The van der Waals surface area contributed by atoms with Gasteiger partial charge in [-0.1, -0.05) is 11.6 Å². The van der Waals surface area contributed by atoms with Crippen molar-refractivity contribution in [3.63, 3.8) is 0 Å². The minimum Gasteiger partial charge on any atom is -0.497 e. The van der Waals surface area contributed by atoms with Gasteiger partial charge in [0, 0.05) is 7.05 Å². The van der Waals surface area contributed by atoms with Gasteiger partial charge in [0.2, 0.25) is 0 Å². The molecule has 2 aromatic rings. The average Bonchev–Trinajstić information content (AvgIpc) is 2.93. The quantitative estimate of drug-likeness (QED) is 0.873. The number of amides is 1. The number of hydrogen-bond acceptors (Lipinski definition) is 4. The van der Waals surface area contributed by atoms with Gasteiger partial charge in [0.1, 0.15) is 5.75 Å². The number of nitrogens with zero attached hydrogens (tertiary/aromatic N) is 2. The highest BCUT2D eigenvalue weighted by molar-refractivity contribution is 6.36. The van der Waals surface area contributed by atoms with Gasteiger partial charge in [0.05, 0.1) is 47.5 Å². The van der Waals surface area contributed by atoms with Gasteiger partial charge in [0.15, 0.2) is 0 Å². The molecule has 1 atom stereocenters. The van der Waals surface area contributed by atoms with Crippen LogP contribution in [0.4, 0.5) is 0 Å². The van der Waals surface area contributed by atoms with Crippen LogP contribution in [0.3, 0.4) is 0 Å². The van der Waals surface area contributed by atoms with Crippen molar-refractivity contribution < 1.29 is 19.4 Å². The van der Waals surface area contributed by atoms with Crippen LogP contribution in [0.1, 0.15) is 39.4 Å². The zero-order valence-electron chi connectivity index (χ0n) is 12.8. The highest BCUT2D eigenvalue weighted by atomic mass is 35.5. The van der Waals surface area contributed by atoms with Crippen molar-refractivity contribution in [2.75, 3.05) is 7.11 Å². The second kappa shape index (κ2) is 6.70. The molecule has 1 heterocycles. The lowest BCUT2D eigenvalue weighted by molar-refractivity contribution is 0.0696. The van der Waals surface area contributed by atoms with Gasteiger partial charge in [-0.25, -0.2) is 9.78 Å². The molecule has 0 spiro atoms. The van der Waals surface area contributed by atoms with Crippen LogP contribution in [0.5, 0.6) is 5.75 Å². The molecule has 1 unspecified atom stereocenters. The first-order valence-corrected chi connectivity index (χ1v) is 7.10. The van der Waals surface area contributed by atoms with Crippen molar-refractivity contribution in [1.29, 1.82) is 0 Å². The first-order chi connectivity index (χ1) is 10.8. The second-order valence-corrected chi connectivity index (χ2v) is 5.34. The Balaban J connectivity index is 2.33. The largest absolute Gasteiger partial charge is 0.497 e. The molecule has 1 aromatic carbocycles. The van der Waals surface area contributed by atoms with E-state index in [4.69, 9.17) is 16.3 Å². The molecule has 0 saturated carbocycles. The summed E-state index contributed by atoms with van der Waals surface area (Å²) in [6.07, 6.45) is 3.26. The maximum atomic E-state index is 12.5. The molecule has 0 aliphatic carbocycles. The van der Waals surface area contributed by atoms with Crippen LogP contribution in [0.2, 0.25) is 5.02 Å². The van der Waals surface area contributed by atoms with E-state index in [1.54, 1.807) is 24.0 Å². The number of aromatic carboxylic acids is 1. The molecule has 122 valence electrons. The minimum absolute atomic E-state index is 0.0393. The van der Waals surface area contributed by atoms with Crippen molar-refractivity contribution in [3.05, 3.63) is 46.5 Å². The third kappa shape index (κ3) is 3.45. The Morgan fingerprint density at radius 2 is 2.04 bits per heavy atom. The Labute approximate surface area is 137 Å². The summed E-state index contributed by atoms with van der Waals surface area (Å²) in [5.41, 5.74) is 0.651. The smallest absolute Gasteiger partial charge is 0.337 e. The van der Waals surface area contributed by atoms with E-state index in [-0.39, 0.29) is 27.9 Å². The van der Waals surface area contributed by atoms with E-state index in [0.717, 1.165) is 5.69 Å². The first-order valence-electron chi connectivity index (χ1n) is 6.73. The Bertz CT molecular complexity index is 757. The number of benzene rings is 1. The van der Waals surface area contributed by atoms with E-state index in [0.29, 0.717) is 0 Å². The standard InChI is InChI=1S/C15H16ClN3O4/c1-8(12-6-17-7-19(12)2)18-14(20)10-4-9(23-3)5-11(13(10)16)15(21)22/h4-8H,1-3H3,(H,18,20)(H,21,22). The minimum atomic E-state index is -1.23. The third-order valence-corrected chi connectivity index (χ3v) is 3.81. The van der Waals surface area contributed by atoms with Crippen LogP contribution in [-0.4, -0.2) is 33.6 Å². The molecule has 8 heteroatoms. The number of halogens is 1. The van der Waals surface area contributed by atoms with Gasteiger partial charge in [-0.3, -0.25) is 4.79 Å². The first kappa shape index (κ1) is 16.8. The number of methoxy groups -OCH3 is 1. The van der Waals surface area contributed by atoms with E-state index in [9.17, 15) is 14.7 Å². The van der Waals surface area contributed by atoms with Crippen molar-refractivity contribution >= 4 is 23.5 Å². The van der Waals surface area contributed by atoms with E-state index >= 15 is 0 Å². The number of nitrogens with one attached hydrogen (secondary N) is 1. The predicted octanol–water partition coefficient (Wildman–Crippen LogP) is 2.27. The lowest BCUT2D eigenvalue weighted by Gasteiger charge is -2.16. The Morgan fingerprint density at radius 1 is 1.39 bits per heavy atom. The number of ether oxygens (including phenoxy) is 1. The van der Waals surface area contributed by atoms with Gasteiger partial charge in [-0.15, -0.1) is 0 Å². The molecular formula is C15H16ClN3O4. The Morgan fingerprint density at radius 3 is 2.57 bits per heavy atom. The number of rotatable bonds is 5. The molecule has 0 saturated heterocycles. The number of aryl methyl sites for hydroxylation is 1. The van der Waals surface area contributed by atoms with Crippen molar-refractivity contribution in [2.45, 2.75) is 13.0 Å². The topological polar surface area (TPSA) is 93.4 Å². The van der Waals surface area contributed by atoms with E-state index < -0.39 is 11.9 Å². The third-order valence-electron chi connectivity index (χ3n) is 3.40. The summed E-state index contributed by atoms with van der Waals surface area (Å²) in [4.78, 5) is 27.7. The molecule has 23 heavy (non-hydrogen) atoms. The molecule has 1 aromatic heterocycles. The van der Waals surface area contributed by atoms with Crippen molar-refractivity contribution in [3.8, 4) is 5.75 Å². The second-order valence-electron chi connectivity index (χ2n) is 4.97. The summed E-state index contributed by atoms with van der Waals surface area (Å²) < 4.78 is 6.81. The molecule has 0 fully saturated rings. The van der Waals surface area contributed by atoms with Gasteiger partial charge < -0.3 is 19.7 Å². The molecule has 0 bridgehead atoms. The van der Waals surface area contributed by atoms with Gasteiger partial charge in [-0.05, 0) is 19.1 Å². The highest BCUT2D eigenvalue weighted by Crippen LogP contribution is 2.28. The normalized spacial score (nSPS) is 11.8. The molecule has 0 radical (unpaired) electrons. The molecule has 2 N–H and O–H groups in total. The van der Waals surface area contributed by atoms with E-state index in [1.165, 1.54) is 19.2 Å². The molecule has 1 amide bonds. The predicted molar refractivity (Wildman–Crippen MR) is 84.1 cm³/mol. The van der Waals surface area contributed by atoms with Crippen LogP contribution in [0.25, 0.3) is 0 Å². The molecular weight excluding hydrogens is 322 g/mol. The fourth-order valence-electron chi connectivity index (χ4n) is 2.17. The van der Waals surface area contributed by atoms with Crippen LogP contribution < -0.4 is 10.1 Å². The van der Waals surface area contributed by atoms with Gasteiger partial charge >= 0.3 is 5.97 Å². The summed E-state index contributed by atoms with van der Waals surface area (Å²) in [5.74, 6) is -1.49. The lowest BCUT2D eigenvalue weighted by atomic mass is 10.1. The Kier molecular flexibility index (Phi) is 4.90. The fourth-order valence-corrected chi connectivity index (χ4v) is 2.45. The number of carboxylic acid groups (broad SMARTS) is 1. The van der Waals surface area contributed by atoms with Gasteiger partial charge in [0.25, 0.3) is 5.91 Å².